The minimum atomic E-state index is -0.803. The molecule has 1 saturated heterocycles. The molecule has 7 heteroatoms. The second kappa shape index (κ2) is 8.20. The van der Waals surface area contributed by atoms with E-state index in [0.29, 0.717) is 25.3 Å². The largest absolute Gasteiger partial charge is 0.494 e. The average Bonchev–Trinajstić information content (AvgIpc) is 3.20. The zero-order valence-corrected chi connectivity index (χ0v) is 16.4. The number of rotatable bonds is 7. The van der Waals surface area contributed by atoms with Gasteiger partial charge in [0.1, 0.15) is 5.75 Å². The van der Waals surface area contributed by atoms with Crippen molar-refractivity contribution >= 4 is 17.8 Å². The highest BCUT2D eigenvalue weighted by Crippen LogP contribution is 2.49. The predicted octanol–water partition coefficient (Wildman–Crippen LogP) is 2.37. The monoisotopic (exact) mass is 388 g/mol. The summed E-state index contributed by atoms with van der Waals surface area (Å²) in [6.07, 6.45) is 2.44. The summed E-state index contributed by atoms with van der Waals surface area (Å²) in [5.74, 6) is -0.518. The Morgan fingerprint density at radius 2 is 2.11 bits per heavy atom. The topological polar surface area (TPSA) is 95.9 Å². The lowest BCUT2D eigenvalue weighted by Crippen LogP contribution is -2.38. The van der Waals surface area contributed by atoms with Crippen LogP contribution in [0.15, 0.2) is 24.3 Å². The lowest BCUT2D eigenvalue weighted by Gasteiger charge is -2.25. The Labute approximate surface area is 165 Å². The number of benzene rings is 1. The minimum Gasteiger partial charge on any atom is -0.494 e. The smallest absolute Gasteiger partial charge is 0.311 e. The van der Waals surface area contributed by atoms with E-state index in [4.69, 9.17) is 4.74 Å². The molecule has 1 unspecified atom stereocenters. The fraction of sp³-hybridized carbons (Fsp3) is 0.571. The molecule has 2 amide bonds. The summed E-state index contributed by atoms with van der Waals surface area (Å²) in [7, 11) is 0. The molecule has 2 fully saturated rings. The Morgan fingerprint density at radius 1 is 1.36 bits per heavy atom. The molecule has 0 aromatic heterocycles. The first-order valence-electron chi connectivity index (χ1n) is 9.87. The molecule has 1 aromatic carbocycles. The van der Waals surface area contributed by atoms with Crippen molar-refractivity contribution < 1.29 is 24.2 Å². The molecule has 28 heavy (non-hydrogen) atoms. The number of carboxylic acids is 1. The van der Waals surface area contributed by atoms with E-state index in [1.54, 1.807) is 4.90 Å². The molecule has 152 valence electrons. The lowest BCUT2D eigenvalue weighted by molar-refractivity contribution is -0.149. The second-order valence-electron chi connectivity index (χ2n) is 7.75. The van der Waals surface area contributed by atoms with Crippen molar-refractivity contribution in [3.8, 4) is 5.75 Å². The number of amides is 2. The third kappa shape index (κ3) is 3.84. The van der Waals surface area contributed by atoms with Gasteiger partial charge in [0.25, 0.3) is 0 Å². The fourth-order valence-electron chi connectivity index (χ4n) is 4.67. The van der Waals surface area contributed by atoms with E-state index >= 15 is 0 Å². The van der Waals surface area contributed by atoms with Crippen molar-refractivity contribution in [2.24, 2.45) is 11.3 Å². The maximum Gasteiger partial charge on any atom is 0.311 e. The maximum atomic E-state index is 13.0. The van der Waals surface area contributed by atoms with Gasteiger partial charge in [-0.25, -0.2) is 0 Å². The van der Waals surface area contributed by atoms with Gasteiger partial charge in [0.2, 0.25) is 11.8 Å². The Morgan fingerprint density at radius 3 is 2.75 bits per heavy atom. The molecule has 1 saturated carbocycles. The van der Waals surface area contributed by atoms with Crippen LogP contribution in [0.3, 0.4) is 0 Å². The van der Waals surface area contributed by atoms with Crippen LogP contribution < -0.4 is 10.1 Å². The molecular weight excluding hydrogens is 360 g/mol. The fourth-order valence-corrected chi connectivity index (χ4v) is 4.67. The third-order valence-electron chi connectivity index (χ3n) is 6.00. The Bertz CT molecular complexity index is 765. The molecule has 2 aliphatic rings. The van der Waals surface area contributed by atoms with Crippen LogP contribution >= 0.6 is 0 Å². The van der Waals surface area contributed by atoms with E-state index in [2.05, 4.69) is 5.32 Å². The van der Waals surface area contributed by atoms with Gasteiger partial charge in [-0.05, 0) is 31.7 Å². The number of fused-ring (bicyclic) bond motifs is 1. The predicted molar refractivity (Wildman–Crippen MR) is 103 cm³/mol. The number of hydrogen-bond acceptors (Lipinski definition) is 4. The summed E-state index contributed by atoms with van der Waals surface area (Å²) in [6, 6.07) is 6.83. The van der Waals surface area contributed by atoms with E-state index in [1.165, 1.54) is 6.92 Å². The van der Waals surface area contributed by atoms with Crippen LogP contribution in [0, 0.1) is 11.3 Å². The number of carbonyl (C=O) groups excluding carboxylic acids is 2. The summed E-state index contributed by atoms with van der Waals surface area (Å²) < 4.78 is 5.66. The normalized spacial score (nSPS) is 24.5. The van der Waals surface area contributed by atoms with Crippen molar-refractivity contribution in [1.82, 2.24) is 10.2 Å². The van der Waals surface area contributed by atoms with Crippen molar-refractivity contribution in [3.63, 3.8) is 0 Å². The number of hydrogen-bond donors (Lipinski definition) is 2. The summed E-state index contributed by atoms with van der Waals surface area (Å²) in [5, 5.41) is 12.6. The molecule has 3 atom stereocenters. The van der Waals surface area contributed by atoms with Crippen LogP contribution in [-0.4, -0.2) is 47.5 Å². The van der Waals surface area contributed by atoms with Gasteiger partial charge in [-0.1, -0.05) is 24.6 Å². The molecule has 1 aliphatic heterocycles. The number of carbonyl (C=O) groups is 3. The van der Waals surface area contributed by atoms with Gasteiger partial charge in [-0.3, -0.25) is 14.4 Å². The average molecular weight is 388 g/mol. The number of ether oxygens (including phenoxy) is 1. The van der Waals surface area contributed by atoms with Crippen molar-refractivity contribution in [2.75, 3.05) is 19.7 Å². The van der Waals surface area contributed by atoms with Crippen LogP contribution in [0.5, 0.6) is 5.75 Å². The summed E-state index contributed by atoms with van der Waals surface area (Å²) in [4.78, 5) is 38.3. The van der Waals surface area contributed by atoms with E-state index in [1.807, 2.05) is 31.2 Å². The molecule has 7 nitrogen and oxygen atoms in total. The van der Waals surface area contributed by atoms with E-state index < -0.39 is 17.4 Å². The van der Waals surface area contributed by atoms with Gasteiger partial charge in [-0.2, -0.15) is 0 Å². The van der Waals surface area contributed by atoms with Crippen LogP contribution in [0.2, 0.25) is 0 Å². The summed E-state index contributed by atoms with van der Waals surface area (Å²) in [6.45, 7) is 4.51. The van der Waals surface area contributed by atoms with E-state index in [-0.39, 0.29) is 30.7 Å². The van der Waals surface area contributed by atoms with Gasteiger partial charge in [0.15, 0.2) is 0 Å². The zero-order valence-electron chi connectivity index (χ0n) is 16.4. The van der Waals surface area contributed by atoms with Crippen molar-refractivity contribution in [3.05, 3.63) is 29.8 Å². The van der Waals surface area contributed by atoms with Crippen LogP contribution in [0.1, 0.15) is 51.1 Å². The number of aliphatic carboxylic acids is 1. The third-order valence-corrected chi connectivity index (χ3v) is 6.00. The molecule has 0 bridgehead atoms. The number of carboxylic acid groups (broad SMARTS) is 1. The van der Waals surface area contributed by atoms with Crippen LogP contribution in [0.4, 0.5) is 0 Å². The number of likely N-dealkylation sites (tertiary alicyclic amines) is 1. The molecule has 3 rings (SSSR count). The summed E-state index contributed by atoms with van der Waals surface area (Å²) in [5.41, 5.74) is -0.0530. The first-order chi connectivity index (χ1) is 13.4. The van der Waals surface area contributed by atoms with Gasteiger partial charge in [-0.15, -0.1) is 0 Å². The maximum absolute atomic E-state index is 13.0. The number of para-hydroxylation sites is 1. The molecule has 1 aliphatic carbocycles. The molecule has 1 aromatic rings. The standard InChI is InChI=1S/C21H28N2O5/c1-3-28-18-9-5-4-8-16(18)17(22-14(2)24)11-19(25)23-12-15-7-6-10-21(15,13-23)20(26)27/h4-5,8-9,15,17H,3,6-7,10-13H2,1-2H3,(H,22,24)(H,26,27)/t15-,17?,21+/m0/s1. The highest BCUT2D eigenvalue weighted by Gasteiger charge is 2.55. The van der Waals surface area contributed by atoms with Crippen molar-refractivity contribution in [1.29, 1.82) is 0 Å². The van der Waals surface area contributed by atoms with Gasteiger partial charge >= 0.3 is 5.97 Å². The van der Waals surface area contributed by atoms with Gasteiger partial charge in [0.05, 0.1) is 24.5 Å². The van der Waals surface area contributed by atoms with Crippen LogP contribution in [-0.2, 0) is 14.4 Å². The van der Waals surface area contributed by atoms with Crippen molar-refractivity contribution in [2.45, 2.75) is 45.6 Å². The molecule has 0 radical (unpaired) electrons. The molecule has 2 N–H and O–H groups in total. The van der Waals surface area contributed by atoms with Gasteiger partial charge < -0.3 is 20.1 Å². The summed E-state index contributed by atoms with van der Waals surface area (Å²) >= 11 is 0. The number of nitrogens with one attached hydrogen (secondary N) is 1. The minimum absolute atomic E-state index is 0.0175. The number of nitrogens with zero attached hydrogens (tertiary/aromatic N) is 1. The molecule has 1 heterocycles. The second-order valence-corrected chi connectivity index (χ2v) is 7.75. The Kier molecular flexibility index (Phi) is 5.91. The Balaban J connectivity index is 1.78. The van der Waals surface area contributed by atoms with Crippen LogP contribution in [0.25, 0.3) is 0 Å². The SMILES string of the molecule is CCOc1ccccc1C(CC(=O)N1C[C@@H]2CCC[C@@]2(C(=O)O)C1)NC(C)=O. The first kappa shape index (κ1) is 20.2. The molecular formula is C21H28N2O5. The quantitative estimate of drug-likeness (QED) is 0.748. The highest BCUT2D eigenvalue weighted by molar-refractivity contribution is 5.82. The lowest BCUT2D eigenvalue weighted by atomic mass is 9.81. The first-order valence-corrected chi connectivity index (χ1v) is 9.87. The van der Waals surface area contributed by atoms with E-state index in [0.717, 1.165) is 18.4 Å². The molecule has 0 spiro atoms. The van der Waals surface area contributed by atoms with E-state index in [9.17, 15) is 19.5 Å². The zero-order chi connectivity index (χ0) is 20.3. The Hall–Kier alpha value is -2.57. The highest BCUT2D eigenvalue weighted by atomic mass is 16.5. The van der Waals surface area contributed by atoms with Gasteiger partial charge in [0, 0.05) is 25.6 Å².